The molecule has 1 aliphatic heterocycles. The average Bonchev–Trinajstić information content (AvgIpc) is 2.45. The second-order valence-electron chi connectivity index (χ2n) is 3.27. The number of rotatable bonds is 2. The minimum Gasteiger partial charge on any atom is -0.480 e. The molecule has 0 aromatic rings. The van der Waals surface area contributed by atoms with Gasteiger partial charge in [-0.05, 0) is 12.3 Å². The van der Waals surface area contributed by atoms with Crippen molar-refractivity contribution >= 4 is 5.97 Å². The Labute approximate surface area is 65.3 Å². The molecule has 0 saturated carbocycles. The van der Waals surface area contributed by atoms with Crippen LogP contribution in [0.5, 0.6) is 0 Å². The molecular formula is C8H11NO2. The Morgan fingerprint density at radius 1 is 1.64 bits per heavy atom. The van der Waals surface area contributed by atoms with Crippen molar-refractivity contribution in [2.45, 2.75) is 12.5 Å². The Balaban J connectivity index is 1.98. The molecule has 0 amide bonds. The third-order valence-corrected chi connectivity index (χ3v) is 2.43. The Hall–Kier alpha value is -0.830. The highest BCUT2D eigenvalue weighted by Crippen LogP contribution is 2.30. The smallest absolute Gasteiger partial charge is 0.317 e. The SMILES string of the molecule is O=C(O)CN1C[C@H]2C=C[C@H]1C2. The second-order valence-corrected chi connectivity index (χ2v) is 3.27. The number of nitrogens with zero attached hydrogens (tertiary/aromatic N) is 1. The maximum absolute atomic E-state index is 10.4. The number of carboxylic acids is 1. The Bertz CT molecular complexity index is 212. The summed E-state index contributed by atoms with van der Waals surface area (Å²) in [4.78, 5) is 12.4. The summed E-state index contributed by atoms with van der Waals surface area (Å²) in [6, 6.07) is 0.413. The third kappa shape index (κ3) is 1.16. The monoisotopic (exact) mass is 153 g/mol. The molecule has 0 spiro atoms. The van der Waals surface area contributed by atoms with Crippen LogP contribution in [0.4, 0.5) is 0 Å². The van der Waals surface area contributed by atoms with E-state index in [1.165, 1.54) is 0 Å². The van der Waals surface area contributed by atoms with Gasteiger partial charge in [-0.15, -0.1) is 0 Å². The Morgan fingerprint density at radius 3 is 2.91 bits per heavy atom. The van der Waals surface area contributed by atoms with Gasteiger partial charge in [0.05, 0.1) is 6.54 Å². The van der Waals surface area contributed by atoms with Crippen LogP contribution < -0.4 is 0 Å². The van der Waals surface area contributed by atoms with Crippen LogP contribution in [0.15, 0.2) is 12.2 Å². The van der Waals surface area contributed by atoms with Gasteiger partial charge in [0.1, 0.15) is 0 Å². The number of aliphatic carboxylic acids is 1. The molecule has 3 nitrogen and oxygen atoms in total. The first-order valence-electron chi connectivity index (χ1n) is 3.90. The second kappa shape index (κ2) is 2.34. The zero-order valence-corrected chi connectivity index (χ0v) is 6.23. The van der Waals surface area contributed by atoms with Gasteiger partial charge in [0.25, 0.3) is 0 Å². The fraction of sp³-hybridized carbons (Fsp3) is 0.625. The summed E-state index contributed by atoms with van der Waals surface area (Å²) in [6.07, 6.45) is 5.45. The quantitative estimate of drug-likeness (QED) is 0.581. The van der Waals surface area contributed by atoms with Gasteiger partial charge in [-0.25, -0.2) is 0 Å². The van der Waals surface area contributed by atoms with Gasteiger partial charge in [-0.3, -0.25) is 9.69 Å². The fourth-order valence-corrected chi connectivity index (χ4v) is 1.95. The maximum Gasteiger partial charge on any atom is 0.317 e. The molecule has 2 atom stereocenters. The van der Waals surface area contributed by atoms with Crippen molar-refractivity contribution in [3.63, 3.8) is 0 Å². The van der Waals surface area contributed by atoms with Crippen LogP contribution in [0, 0.1) is 5.92 Å². The molecule has 2 rings (SSSR count). The lowest BCUT2D eigenvalue weighted by molar-refractivity contribution is -0.138. The standard InChI is InChI=1S/C8H11NO2/c10-8(11)5-9-4-6-1-2-7(9)3-6/h1-2,6-7H,3-5H2,(H,10,11)/t6-,7-/m0/s1. The predicted molar refractivity (Wildman–Crippen MR) is 40.2 cm³/mol. The zero-order chi connectivity index (χ0) is 7.84. The molecule has 0 aromatic carbocycles. The van der Waals surface area contributed by atoms with Gasteiger partial charge < -0.3 is 5.11 Å². The van der Waals surface area contributed by atoms with Crippen molar-refractivity contribution in [1.82, 2.24) is 4.90 Å². The number of hydrogen-bond acceptors (Lipinski definition) is 2. The normalized spacial score (nSPS) is 34.9. The van der Waals surface area contributed by atoms with E-state index < -0.39 is 5.97 Å². The first-order valence-corrected chi connectivity index (χ1v) is 3.90. The number of hydrogen-bond donors (Lipinski definition) is 1. The predicted octanol–water partition coefficient (Wildman–Crippen LogP) is 0.331. The molecule has 0 radical (unpaired) electrons. The van der Waals surface area contributed by atoms with Crippen molar-refractivity contribution in [2.24, 2.45) is 5.92 Å². The molecule has 1 aliphatic carbocycles. The van der Waals surface area contributed by atoms with Gasteiger partial charge in [0, 0.05) is 12.6 Å². The number of fused-ring (bicyclic) bond motifs is 2. The van der Waals surface area contributed by atoms with E-state index in [4.69, 9.17) is 5.11 Å². The number of likely N-dealkylation sites (tertiary alicyclic amines) is 1. The van der Waals surface area contributed by atoms with E-state index in [0.717, 1.165) is 13.0 Å². The van der Waals surface area contributed by atoms with Crippen molar-refractivity contribution in [3.05, 3.63) is 12.2 Å². The molecule has 3 heteroatoms. The molecule has 11 heavy (non-hydrogen) atoms. The van der Waals surface area contributed by atoms with Crippen LogP contribution in [-0.4, -0.2) is 35.1 Å². The average molecular weight is 153 g/mol. The summed E-state index contributed by atoms with van der Waals surface area (Å²) in [5, 5.41) is 8.54. The summed E-state index contributed by atoms with van der Waals surface area (Å²) in [5.74, 6) is -0.0923. The summed E-state index contributed by atoms with van der Waals surface area (Å²) in [6.45, 7) is 1.14. The molecular weight excluding hydrogens is 142 g/mol. The molecule has 60 valence electrons. The van der Waals surface area contributed by atoms with E-state index in [1.807, 2.05) is 4.90 Å². The van der Waals surface area contributed by atoms with Gasteiger partial charge in [0.15, 0.2) is 0 Å². The minimum absolute atomic E-state index is 0.200. The maximum atomic E-state index is 10.4. The molecule has 1 fully saturated rings. The lowest BCUT2D eigenvalue weighted by Gasteiger charge is -2.20. The minimum atomic E-state index is -0.717. The van der Waals surface area contributed by atoms with Crippen LogP contribution in [0.1, 0.15) is 6.42 Å². The lowest BCUT2D eigenvalue weighted by atomic mass is 10.2. The van der Waals surface area contributed by atoms with Crippen molar-refractivity contribution < 1.29 is 9.90 Å². The summed E-state index contributed by atoms with van der Waals surface area (Å²) in [7, 11) is 0. The molecule has 1 N–H and O–H groups in total. The van der Waals surface area contributed by atoms with E-state index in [0.29, 0.717) is 12.0 Å². The van der Waals surface area contributed by atoms with Crippen molar-refractivity contribution in [3.8, 4) is 0 Å². The van der Waals surface area contributed by atoms with Crippen LogP contribution in [0.3, 0.4) is 0 Å². The van der Waals surface area contributed by atoms with Gasteiger partial charge in [0.2, 0.25) is 0 Å². The van der Waals surface area contributed by atoms with E-state index in [2.05, 4.69) is 12.2 Å². The van der Waals surface area contributed by atoms with Crippen LogP contribution >= 0.6 is 0 Å². The largest absolute Gasteiger partial charge is 0.480 e. The topological polar surface area (TPSA) is 40.5 Å². The lowest BCUT2D eigenvalue weighted by Crippen LogP contribution is -2.34. The van der Waals surface area contributed by atoms with Crippen LogP contribution in [-0.2, 0) is 4.79 Å². The molecule has 0 aromatic heterocycles. The van der Waals surface area contributed by atoms with Gasteiger partial charge >= 0.3 is 5.97 Å². The van der Waals surface area contributed by atoms with Gasteiger partial charge in [-0.2, -0.15) is 0 Å². The highest BCUT2D eigenvalue weighted by molar-refractivity contribution is 5.69. The molecule has 2 bridgehead atoms. The van der Waals surface area contributed by atoms with Crippen LogP contribution in [0.2, 0.25) is 0 Å². The summed E-state index contributed by atoms with van der Waals surface area (Å²) in [5.41, 5.74) is 0. The third-order valence-electron chi connectivity index (χ3n) is 2.43. The zero-order valence-electron chi connectivity index (χ0n) is 6.23. The van der Waals surface area contributed by atoms with Gasteiger partial charge in [-0.1, -0.05) is 12.2 Å². The highest BCUT2D eigenvalue weighted by Gasteiger charge is 2.34. The highest BCUT2D eigenvalue weighted by atomic mass is 16.4. The molecule has 2 aliphatic rings. The number of carboxylic acid groups (broad SMARTS) is 1. The Kier molecular flexibility index (Phi) is 1.46. The first-order chi connectivity index (χ1) is 5.25. The van der Waals surface area contributed by atoms with E-state index in [-0.39, 0.29) is 6.54 Å². The Morgan fingerprint density at radius 2 is 2.45 bits per heavy atom. The molecule has 0 unspecified atom stereocenters. The molecule has 1 heterocycles. The summed E-state index contributed by atoms with van der Waals surface area (Å²) < 4.78 is 0. The molecule has 1 saturated heterocycles. The fourth-order valence-electron chi connectivity index (χ4n) is 1.95. The van der Waals surface area contributed by atoms with Crippen LogP contribution in [0.25, 0.3) is 0 Å². The summed E-state index contributed by atoms with van der Waals surface area (Å²) >= 11 is 0. The van der Waals surface area contributed by atoms with E-state index in [9.17, 15) is 4.79 Å². The van der Waals surface area contributed by atoms with Crippen molar-refractivity contribution in [1.29, 1.82) is 0 Å². The van der Waals surface area contributed by atoms with E-state index >= 15 is 0 Å². The van der Waals surface area contributed by atoms with E-state index in [1.54, 1.807) is 0 Å². The first kappa shape index (κ1) is 6.85. The number of carbonyl (C=O) groups is 1. The van der Waals surface area contributed by atoms with Crippen molar-refractivity contribution in [2.75, 3.05) is 13.1 Å².